The Bertz CT molecular complexity index is 1600. The SMILES string of the molecule is CC(C(N)=O)n1c(=O)c2c(nc(-c3ccccc3Cl)n2-c2ccc(Cl)cc2)n(CC2CCOCC2)c1=O. The molecule has 1 saturated heterocycles. The van der Waals surface area contributed by atoms with Gasteiger partial charge in [0.05, 0.1) is 5.02 Å². The number of halogens is 2. The smallest absolute Gasteiger partial charge is 0.333 e. The lowest BCUT2D eigenvalue weighted by atomic mass is 10.0. The number of benzene rings is 2. The Morgan fingerprint density at radius 1 is 1.11 bits per heavy atom. The standard InChI is InChI=1S/C26H25Cl2N5O4/c1-15(22(29)34)32-25(35)21-24(31(26(32)36)14-16-10-12-37-13-11-16)30-23(19-4-2-3-5-20(19)28)33(21)18-8-6-17(27)7-9-18/h2-9,15-16H,10-14H2,1H3,(H2,29,34). The largest absolute Gasteiger partial charge is 0.381 e. The first-order valence-electron chi connectivity index (χ1n) is 11.9. The number of fused-ring (bicyclic) bond motifs is 1. The van der Waals surface area contributed by atoms with E-state index >= 15 is 0 Å². The summed E-state index contributed by atoms with van der Waals surface area (Å²) in [5.74, 6) is -0.279. The molecule has 3 heterocycles. The minimum atomic E-state index is -1.16. The first-order valence-corrected chi connectivity index (χ1v) is 12.7. The second-order valence-electron chi connectivity index (χ2n) is 9.10. The highest BCUT2D eigenvalue weighted by Gasteiger charge is 2.28. The number of hydrogen-bond acceptors (Lipinski definition) is 5. The van der Waals surface area contributed by atoms with E-state index < -0.39 is 23.2 Å². The molecule has 0 saturated carbocycles. The van der Waals surface area contributed by atoms with Crippen LogP contribution in [0.4, 0.5) is 0 Å². The molecule has 192 valence electrons. The number of hydrogen-bond donors (Lipinski definition) is 1. The molecule has 5 rings (SSSR count). The van der Waals surface area contributed by atoms with E-state index in [4.69, 9.17) is 38.7 Å². The number of aromatic nitrogens is 4. The molecule has 2 aromatic carbocycles. The predicted molar refractivity (Wildman–Crippen MR) is 142 cm³/mol. The van der Waals surface area contributed by atoms with E-state index in [-0.39, 0.29) is 17.1 Å². The zero-order valence-electron chi connectivity index (χ0n) is 20.1. The number of imidazole rings is 1. The van der Waals surface area contributed by atoms with Gasteiger partial charge < -0.3 is 10.5 Å². The van der Waals surface area contributed by atoms with E-state index in [1.165, 1.54) is 11.5 Å². The van der Waals surface area contributed by atoms with Gasteiger partial charge in [0.25, 0.3) is 5.56 Å². The van der Waals surface area contributed by atoms with Gasteiger partial charge in [-0.3, -0.25) is 18.7 Å². The van der Waals surface area contributed by atoms with Gasteiger partial charge in [0.15, 0.2) is 11.2 Å². The summed E-state index contributed by atoms with van der Waals surface area (Å²) in [6, 6.07) is 12.9. The fourth-order valence-corrected chi connectivity index (χ4v) is 5.04. The number of rotatable bonds is 6. The highest BCUT2D eigenvalue weighted by Crippen LogP contribution is 2.32. The first kappa shape index (κ1) is 25.3. The Morgan fingerprint density at radius 3 is 2.43 bits per heavy atom. The van der Waals surface area contributed by atoms with Gasteiger partial charge in [-0.15, -0.1) is 0 Å². The lowest BCUT2D eigenvalue weighted by Gasteiger charge is -2.23. The van der Waals surface area contributed by atoms with E-state index in [1.54, 1.807) is 47.0 Å². The van der Waals surface area contributed by atoms with Crippen LogP contribution in [0, 0.1) is 5.92 Å². The quantitative estimate of drug-likeness (QED) is 0.398. The summed E-state index contributed by atoms with van der Waals surface area (Å²) in [5, 5.41) is 0.945. The summed E-state index contributed by atoms with van der Waals surface area (Å²) >= 11 is 12.7. The average Bonchev–Trinajstić information content (AvgIpc) is 3.28. The Balaban J connectivity index is 1.91. The van der Waals surface area contributed by atoms with Crippen molar-refractivity contribution in [1.82, 2.24) is 18.7 Å². The van der Waals surface area contributed by atoms with E-state index in [1.807, 2.05) is 6.07 Å². The zero-order valence-corrected chi connectivity index (χ0v) is 21.6. The van der Waals surface area contributed by atoms with Gasteiger partial charge in [-0.25, -0.2) is 14.3 Å². The van der Waals surface area contributed by atoms with Crippen LogP contribution < -0.4 is 17.0 Å². The van der Waals surface area contributed by atoms with Gasteiger partial charge >= 0.3 is 5.69 Å². The van der Waals surface area contributed by atoms with Gasteiger partial charge in [0.1, 0.15) is 11.9 Å². The van der Waals surface area contributed by atoms with Gasteiger partial charge in [0, 0.05) is 36.0 Å². The van der Waals surface area contributed by atoms with Crippen molar-refractivity contribution in [3.63, 3.8) is 0 Å². The number of nitrogens with two attached hydrogens (primary N) is 1. The van der Waals surface area contributed by atoms with Crippen LogP contribution in [0.1, 0.15) is 25.8 Å². The average molecular weight is 542 g/mol. The number of primary amides is 1. The van der Waals surface area contributed by atoms with Crippen molar-refractivity contribution in [2.45, 2.75) is 32.4 Å². The van der Waals surface area contributed by atoms with Crippen molar-refractivity contribution in [3.8, 4) is 17.1 Å². The molecule has 9 nitrogen and oxygen atoms in total. The second-order valence-corrected chi connectivity index (χ2v) is 9.95. The summed E-state index contributed by atoms with van der Waals surface area (Å²) in [7, 11) is 0. The molecule has 1 fully saturated rings. The van der Waals surface area contributed by atoms with Crippen molar-refractivity contribution in [1.29, 1.82) is 0 Å². The molecule has 0 bridgehead atoms. The number of carbonyl (C=O) groups is 1. The van der Waals surface area contributed by atoms with Gasteiger partial charge in [0.2, 0.25) is 5.91 Å². The van der Waals surface area contributed by atoms with Gasteiger partial charge in [-0.05, 0) is 62.1 Å². The van der Waals surface area contributed by atoms with Crippen molar-refractivity contribution < 1.29 is 9.53 Å². The van der Waals surface area contributed by atoms with E-state index in [9.17, 15) is 14.4 Å². The third-order valence-electron chi connectivity index (χ3n) is 6.75. The molecule has 11 heteroatoms. The van der Waals surface area contributed by atoms with E-state index in [0.29, 0.717) is 46.9 Å². The fourth-order valence-electron chi connectivity index (χ4n) is 4.70. The zero-order chi connectivity index (χ0) is 26.3. The predicted octanol–water partition coefficient (Wildman–Crippen LogP) is 3.80. The molecule has 1 unspecified atom stereocenters. The van der Waals surface area contributed by atoms with Gasteiger partial charge in [-0.2, -0.15) is 0 Å². The normalized spacial score (nSPS) is 15.2. The minimum Gasteiger partial charge on any atom is -0.381 e. The minimum absolute atomic E-state index is 0.133. The molecular weight excluding hydrogens is 517 g/mol. The Hall–Kier alpha value is -3.40. The topological polar surface area (TPSA) is 114 Å². The summed E-state index contributed by atoms with van der Waals surface area (Å²) < 4.78 is 9.51. The Morgan fingerprint density at radius 2 is 1.78 bits per heavy atom. The summed E-state index contributed by atoms with van der Waals surface area (Å²) in [6.07, 6.45) is 1.52. The van der Waals surface area contributed by atoms with Crippen LogP contribution in [0.5, 0.6) is 0 Å². The second kappa shape index (κ2) is 10.2. The van der Waals surface area contributed by atoms with Crippen LogP contribution in [0.15, 0.2) is 58.1 Å². The maximum atomic E-state index is 13.9. The molecule has 2 aromatic heterocycles. The molecule has 37 heavy (non-hydrogen) atoms. The third kappa shape index (κ3) is 4.58. The monoisotopic (exact) mass is 541 g/mol. The molecule has 4 aromatic rings. The maximum absolute atomic E-state index is 13.9. The van der Waals surface area contributed by atoms with E-state index in [2.05, 4.69) is 0 Å². The molecule has 1 atom stereocenters. The number of carbonyl (C=O) groups excluding carboxylic acids is 1. The fraction of sp³-hybridized carbons (Fsp3) is 0.308. The molecule has 0 radical (unpaired) electrons. The molecule has 1 aliphatic rings. The van der Waals surface area contributed by atoms with Gasteiger partial charge in [-0.1, -0.05) is 35.3 Å². The Labute approximate surface area is 222 Å². The third-order valence-corrected chi connectivity index (χ3v) is 7.33. The molecule has 2 N–H and O–H groups in total. The van der Waals surface area contributed by atoms with Crippen LogP contribution in [0.3, 0.4) is 0 Å². The van der Waals surface area contributed by atoms with Crippen LogP contribution in [0.2, 0.25) is 10.0 Å². The first-order chi connectivity index (χ1) is 17.8. The lowest BCUT2D eigenvalue weighted by molar-refractivity contribution is -0.120. The van der Waals surface area contributed by atoms with Crippen LogP contribution >= 0.6 is 23.2 Å². The maximum Gasteiger partial charge on any atom is 0.333 e. The van der Waals surface area contributed by atoms with Crippen LogP contribution in [-0.2, 0) is 16.1 Å². The van der Waals surface area contributed by atoms with Crippen LogP contribution in [0.25, 0.3) is 28.2 Å². The van der Waals surface area contributed by atoms with Crippen molar-refractivity contribution in [2.24, 2.45) is 11.7 Å². The highest BCUT2D eigenvalue weighted by molar-refractivity contribution is 6.33. The number of nitrogens with zero attached hydrogens (tertiary/aromatic N) is 4. The van der Waals surface area contributed by atoms with Crippen molar-refractivity contribution in [3.05, 3.63) is 79.4 Å². The number of amides is 1. The Kier molecular flexibility index (Phi) is 6.94. The molecule has 0 aliphatic carbocycles. The molecule has 1 aliphatic heterocycles. The lowest BCUT2D eigenvalue weighted by Crippen LogP contribution is -2.46. The highest BCUT2D eigenvalue weighted by atomic mass is 35.5. The van der Waals surface area contributed by atoms with Crippen LogP contribution in [-0.4, -0.2) is 37.8 Å². The summed E-state index contributed by atoms with van der Waals surface area (Å²) in [6.45, 7) is 2.92. The van der Waals surface area contributed by atoms with Crippen molar-refractivity contribution in [2.75, 3.05) is 13.2 Å². The number of ether oxygens (including phenoxy) is 1. The molecule has 0 spiro atoms. The summed E-state index contributed by atoms with van der Waals surface area (Å²) in [5.41, 5.74) is 5.75. The molecule has 1 amide bonds. The van der Waals surface area contributed by atoms with Crippen molar-refractivity contribution >= 4 is 40.3 Å². The van der Waals surface area contributed by atoms with E-state index in [0.717, 1.165) is 17.4 Å². The molecular formula is C26H25Cl2N5O4. The summed E-state index contributed by atoms with van der Waals surface area (Å²) in [4.78, 5) is 44.6.